The van der Waals surface area contributed by atoms with Crippen molar-refractivity contribution in [1.82, 2.24) is 9.78 Å². The third-order valence-corrected chi connectivity index (χ3v) is 3.16. The normalized spacial score (nSPS) is 25.1. The van der Waals surface area contributed by atoms with Gasteiger partial charge in [-0.05, 0) is 36.2 Å². The molecular weight excluding hydrogens is 242 g/mol. The Balaban J connectivity index is 2.24. The molecule has 3 nitrogen and oxygen atoms in total. The summed E-state index contributed by atoms with van der Waals surface area (Å²) in [6.07, 6.45) is 2.96. The van der Waals surface area contributed by atoms with Crippen molar-refractivity contribution in [3.05, 3.63) is 16.4 Å². The number of nitriles is 1. The van der Waals surface area contributed by atoms with E-state index in [1.54, 1.807) is 0 Å². The van der Waals surface area contributed by atoms with Gasteiger partial charge in [0.1, 0.15) is 0 Å². The fourth-order valence-electron chi connectivity index (χ4n) is 1.54. The Kier molecular flexibility index (Phi) is 2.36. The molecule has 0 radical (unpaired) electrons. The van der Waals surface area contributed by atoms with Crippen LogP contribution in [0.1, 0.15) is 37.9 Å². The Hall–Kier alpha value is -0.820. The minimum absolute atomic E-state index is 0.182. The van der Waals surface area contributed by atoms with E-state index in [2.05, 4.69) is 40.9 Å². The highest BCUT2D eigenvalue weighted by atomic mass is 79.9. The molecular formula is C10H12BrN3. The summed E-state index contributed by atoms with van der Waals surface area (Å²) < 4.78 is 2.97. The highest BCUT2D eigenvalue weighted by Crippen LogP contribution is 2.48. The Labute approximate surface area is 91.8 Å². The van der Waals surface area contributed by atoms with Crippen LogP contribution >= 0.6 is 15.9 Å². The third kappa shape index (κ3) is 1.57. The molecule has 0 saturated heterocycles. The fourth-order valence-corrected chi connectivity index (χ4v) is 2.12. The third-order valence-electron chi connectivity index (χ3n) is 2.55. The van der Waals surface area contributed by atoms with Crippen molar-refractivity contribution in [1.29, 1.82) is 5.26 Å². The number of nitrogens with zero attached hydrogens (tertiary/aromatic N) is 3. The van der Waals surface area contributed by atoms with Gasteiger partial charge in [-0.1, -0.05) is 0 Å². The lowest BCUT2D eigenvalue weighted by Gasteiger charge is -2.02. The van der Waals surface area contributed by atoms with Crippen molar-refractivity contribution in [3.63, 3.8) is 0 Å². The molecule has 0 spiro atoms. The van der Waals surface area contributed by atoms with Crippen molar-refractivity contribution < 1.29 is 0 Å². The molecule has 2 unspecified atom stereocenters. The highest BCUT2D eigenvalue weighted by Gasteiger charge is 2.41. The predicted molar refractivity (Wildman–Crippen MR) is 56.8 cm³/mol. The smallest absolute Gasteiger partial charge is 0.0811 e. The maximum Gasteiger partial charge on any atom is 0.0811 e. The molecule has 4 heteroatoms. The summed E-state index contributed by atoms with van der Waals surface area (Å²) in [5, 5.41) is 13.2. The zero-order valence-corrected chi connectivity index (χ0v) is 9.82. The maximum atomic E-state index is 8.74. The topological polar surface area (TPSA) is 41.6 Å². The van der Waals surface area contributed by atoms with Crippen LogP contribution in [0.3, 0.4) is 0 Å². The Morgan fingerprint density at radius 1 is 1.71 bits per heavy atom. The largest absolute Gasteiger partial charge is 0.269 e. The van der Waals surface area contributed by atoms with Crippen LogP contribution in [0.5, 0.6) is 0 Å². The first kappa shape index (κ1) is 9.72. The second-order valence-electron chi connectivity index (χ2n) is 4.01. The summed E-state index contributed by atoms with van der Waals surface area (Å²) >= 11 is 3.49. The molecule has 1 fully saturated rings. The number of halogens is 1. The lowest BCUT2D eigenvalue weighted by atomic mass is 10.2. The number of hydrogen-bond donors (Lipinski definition) is 0. The number of rotatable bonds is 2. The lowest BCUT2D eigenvalue weighted by molar-refractivity contribution is 0.526. The summed E-state index contributed by atoms with van der Waals surface area (Å²) in [6, 6.07) is 2.66. The van der Waals surface area contributed by atoms with Gasteiger partial charge in [-0.25, -0.2) is 0 Å². The van der Waals surface area contributed by atoms with Gasteiger partial charge in [0.25, 0.3) is 0 Å². The molecule has 1 aromatic heterocycles. The van der Waals surface area contributed by atoms with Crippen molar-refractivity contribution in [2.45, 2.75) is 32.2 Å². The first-order valence-corrected chi connectivity index (χ1v) is 5.57. The highest BCUT2D eigenvalue weighted by molar-refractivity contribution is 9.10. The van der Waals surface area contributed by atoms with Gasteiger partial charge in [-0.3, -0.25) is 4.68 Å². The van der Waals surface area contributed by atoms with E-state index < -0.39 is 0 Å². The first-order chi connectivity index (χ1) is 6.63. The van der Waals surface area contributed by atoms with Gasteiger partial charge in [0, 0.05) is 18.2 Å². The SMILES string of the molecule is CC(C)n1cc(Br)c(C2CC2C#N)n1. The van der Waals surface area contributed by atoms with Gasteiger partial charge in [0.2, 0.25) is 0 Å². The molecule has 0 aromatic carbocycles. The second-order valence-corrected chi connectivity index (χ2v) is 4.87. The molecule has 1 aromatic rings. The number of aromatic nitrogens is 2. The molecule has 1 heterocycles. The van der Waals surface area contributed by atoms with E-state index in [-0.39, 0.29) is 5.92 Å². The average molecular weight is 254 g/mol. The predicted octanol–water partition coefficient (Wildman–Crippen LogP) is 2.85. The summed E-state index contributed by atoms with van der Waals surface area (Å²) in [7, 11) is 0. The zero-order chi connectivity index (χ0) is 10.3. The van der Waals surface area contributed by atoms with Crippen LogP contribution in [0, 0.1) is 17.2 Å². The van der Waals surface area contributed by atoms with E-state index in [0.717, 1.165) is 16.6 Å². The molecule has 1 aliphatic rings. The zero-order valence-electron chi connectivity index (χ0n) is 8.24. The summed E-state index contributed by atoms with van der Waals surface area (Å²) in [5.74, 6) is 0.538. The van der Waals surface area contributed by atoms with E-state index in [4.69, 9.17) is 5.26 Å². The molecule has 0 amide bonds. The van der Waals surface area contributed by atoms with Gasteiger partial charge < -0.3 is 0 Å². The molecule has 1 aliphatic carbocycles. The van der Waals surface area contributed by atoms with Crippen LogP contribution in [-0.2, 0) is 0 Å². The van der Waals surface area contributed by atoms with Crippen LogP contribution < -0.4 is 0 Å². The van der Waals surface area contributed by atoms with Gasteiger partial charge in [-0.2, -0.15) is 10.4 Å². The fraction of sp³-hybridized carbons (Fsp3) is 0.600. The standard InChI is InChI=1S/C10H12BrN3/c1-6(2)14-5-9(11)10(13-14)8-3-7(8)4-12/h5-8H,3H2,1-2H3. The molecule has 74 valence electrons. The van der Waals surface area contributed by atoms with Crippen molar-refractivity contribution in [2.24, 2.45) is 5.92 Å². The van der Waals surface area contributed by atoms with Crippen molar-refractivity contribution in [2.75, 3.05) is 0 Å². The first-order valence-electron chi connectivity index (χ1n) is 4.77. The minimum atomic E-state index is 0.182. The minimum Gasteiger partial charge on any atom is -0.269 e. The van der Waals surface area contributed by atoms with Gasteiger partial charge in [0.05, 0.1) is 22.2 Å². The Morgan fingerprint density at radius 2 is 2.43 bits per heavy atom. The van der Waals surface area contributed by atoms with Crippen LogP contribution in [-0.4, -0.2) is 9.78 Å². The lowest BCUT2D eigenvalue weighted by Crippen LogP contribution is -2.01. The van der Waals surface area contributed by atoms with E-state index in [9.17, 15) is 0 Å². The second kappa shape index (κ2) is 3.39. The van der Waals surface area contributed by atoms with Crippen LogP contribution in [0.2, 0.25) is 0 Å². The van der Waals surface area contributed by atoms with Gasteiger partial charge in [0.15, 0.2) is 0 Å². The molecule has 0 bridgehead atoms. The Morgan fingerprint density at radius 3 is 2.86 bits per heavy atom. The van der Waals surface area contributed by atoms with Gasteiger partial charge in [-0.15, -0.1) is 0 Å². The van der Waals surface area contributed by atoms with E-state index in [1.807, 2.05) is 10.9 Å². The monoisotopic (exact) mass is 253 g/mol. The van der Waals surface area contributed by atoms with Gasteiger partial charge >= 0.3 is 0 Å². The molecule has 1 saturated carbocycles. The van der Waals surface area contributed by atoms with Crippen LogP contribution in [0.4, 0.5) is 0 Å². The molecule has 0 aliphatic heterocycles. The van der Waals surface area contributed by atoms with Crippen LogP contribution in [0.25, 0.3) is 0 Å². The quantitative estimate of drug-likeness (QED) is 0.814. The van der Waals surface area contributed by atoms with E-state index >= 15 is 0 Å². The molecule has 2 atom stereocenters. The van der Waals surface area contributed by atoms with Crippen LogP contribution in [0.15, 0.2) is 10.7 Å². The van der Waals surface area contributed by atoms with Crippen molar-refractivity contribution in [3.8, 4) is 6.07 Å². The summed E-state index contributed by atoms with van der Waals surface area (Å²) in [4.78, 5) is 0. The van der Waals surface area contributed by atoms with Crippen molar-refractivity contribution >= 4 is 15.9 Å². The molecule has 2 rings (SSSR count). The molecule has 0 N–H and O–H groups in total. The number of hydrogen-bond acceptors (Lipinski definition) is 2. The summed E-state index contributed by atoms with van der Waals surface area (Å²) in [6.45, 7) is 4.19. The Bertz CT molecular complexity index is 389. The van der Waals surface area contributed by atoms with E-state index in [1.165, 1.54) is 0 Å². The molecule has 14 heavy (non-hydrogen) atoms. The average Bonchev–Trinajstić information content (AvgIpc) is 2.82. The maximum absolute atomic E-state index is 8.74. The van der Waals surface area contributed by atoms with E-state index in [0.29, 0.717) is 12.0 Å². The summed E-state index contributed by atoms with van der Waals surface area (Å²) in [5.41, 5.74) is 1.05.